The zero-order chi connectivity index (χ0) is 15.8. The lowest BCUT2D eigenvalue weighted by Gasteiger charge is -2.43. The van der Waals surface area contributed by atoms with E-state index in [1.54, 1.807) is 18.5 Å². The van der Waals surface area contributed by atoms with Gasteiger partial charge in [0.1, 0.15) is 6.10 Å². The van der Waals surface area contributed by atoms with Gasteiger partial charge in [-0.2, -0.15) is 0 Å². The first-order valence-corrected chi connectivity index (χ1v) is 8.60. The second-order valence-electron chi connectivity index (χ2n) is 6.21. The number of nitrogens with zero attached hydrogens (tertiary/aromatic N) is 3. The molecule has 4 heterocycles. The number of hydrogen-bond acceptors (Lipinski definition) is 4. The van der Waals surface area contributed by atoms with Gasteiger partial charge in [0.25, 0.3) is 0 Å². The van der Waals surface area contributed by atoms with Crippen LogP contribution < -0.4 is 4.74 Å². The quantitative estimate of drug-likeness (QED) is 0.841. The highest BCUT2D eigenvalue weighted by Crippen LogP contribution is 2.30. The lowest BCUT2D eigenvalue weighted by Crippen LogP contribution is -2.52. The lowest BCUT2D eigenvalue weighted by molar-refractivity contribution is -0.0123. The molecule has 2 bridgehead atoms. The maximum absolute atomic E-state index is 6.04. The van der Waals surface area contributed by atoms with Gasteiger partial charge in [-0.15, -0.1) is 0 Å². The second kappa shape index (κ2) is 6.27. The molecule has 3 aliphatic heterocycles. The number of hydrogen-bond donors (Lipinski definition) is 0. The molecular formula is C17H17Cl2N3O. The van der Waals surface area contributed by atoms with Crippen molar-refractivity contribution in [3.8, 4) is 17.1 Å². The molecule has 2 aromatic rings. The van der Waals surface area contributed by atoms with Gasteiger partial charge >= 0.3 is 6.01 Å². The van der Waals surface area contributed by atoms with E-state index in [1.165, 1.54) is 25.9 Å². The van der Waals surface area contributed by atoms with Gasteiger partial charge in [-0.05, 0) is 55.6 Å². The smallest absolute Gasteiger partial charge is 0.316 e. The highest BCUT2D eigenvalue weighted by atomic mass is 35.5. The number of ether oxygens (including phenoxy) is 1. The Morgan fingerprint density at radius 3 is 2.17 bits per heavy atom. The molecule has 1 aromatic heterocycles. The molecule has 0 spiro atoms. The van der Waals surface area contributed by atoms with Crippen molar-refractivity contribution in [3.05, 3.63) is 40.6 Å². The predicted octanol–water partition coefficient (Wildman–Crippen LogP) is 3.92. The summed E-state index contributed by atoms with van der Waals surface area (Å²) in [6.45, 7) is 3.37. The zero-order valence-electron chi connectivity index (χ0n) is 12.6. The van der Waals surface area contributed by atoms with Crippen molar-refractivity contribution < 1.29 is 4.74 Å². The number of benzene rings is 1. The van der Waals surface area contributed by atoms with Crippen LogP contribution in [0.3, 0.4) is 0 Å². The van der Waals surface area contributed by atoms with Crippen molar-refractivity contribution in [2.24, 2.45) is 5.92 Å². The first-order valence-electron chi connectivity index (χ1n) is 7.85. The van der Waals surface area contributed by atoms with Crippen molar-refractivity contribution in [3.63, 3.8) is 0 Å². The van der Waals surface area contributed by atoms with Crippen LogP contribution in [0.4, 0.5) is 0 Å². The van der Waals surface area contributed by atoms with E-state index < -0.39 is 0 Å². The summed E-state index contributed by atoms with van der Waals surface area (Å²) in [6, 6.07) is 5.85. The summed E-state index contributed by atoms with van der Waals surface area (Å²) in [5, 5.41) is 1.19. The van der Waals surface area contributed by atoms with Gasteiger partial charge in [-0.1, -0.05) is 23.2 Å². The maximum Gasteiger partial charge on any atom is 0.316 e. The van der Waals surface area contributed by atoms with Gasteiger partial charge in [0, 0.05) is 34.5 Å². The van der Waals surface area contributed by atoms with Gasteiger partial charge in [0.05, 0.1) is 0 Å². The molecule has 120 valence electrons. The van der Waals surface area contributed by atoms with Gasteiger partial charge in [-0.3, -0.25) is 4.90 Å². The SMILES string of the molecule is Clc1cc(Cl)cc(-c2cnc(OC3CN4CCC3CC4)nc2)c1. The molecule has 0 saturated carbocycles. The highest BCUT2D eigenvalue weighted by Gasteiger charge is 2.35. The number of halogens is 2. The number of fused-ring (bicyclic) bond motifs is 3. The van der Waals surface area contributed by atoms with Gasteiger partial charge in [-0.25, -0.2) is 9.97 Å². The molecule has 0 N–H and O–H groups in total. The molecule has 3 aliphatic rings. The molecule has 4 nitrogen and oxygen atoms in total. The van der Waals surface area contributed by atoms with E-state index in [0.29, 0.717) is 22.0 Å². The third-order valence-electron chi connectivity index (χ3n) is 4.68. The second-order valence-corrected chi connectivity index (χ2v) is 7.08. The molecule has 3 fully saturated rings. The average molecular weight is 350 g/mol. The van der Waals surface area contributed by atoms with Crippen molar-refractivity contribution in [2.75, 3.05) is 19.6 Å². The largest absolute Gasteiger partial charge is 0.458 e. The van der Waals surface area contributed by atoms with Crippen molar-refractivity contribution in [1.29, 1.82) is 0 Å². The summed E-state index contributed by atoms with van der Waals surface area (Å²) in [7, 11) is 0. The minimum atomic E-state index is 0.212. The summed E-state index contributed by atoms with van der Waals surface area (Å²) in [4.78, 5) is 11.2. The highest BCUT2D eigenvalue weighted by molar-refractivity contribution is 6.35. The summed E-state index contributed by atoms with van der Waals surface area (Å²) < 4.78 is 6.01. The Hall–Kier alpha value is -1.36. The fraction of sp³-hybridized carbons (Fsp3) is 0.412. The molecule has 6 heteroatoms. The van der Waals surface area contributed by atoms with Crippen LogP contribution in [0.5, 0.6) is 6.01 Å². The fourth-order valence-electron chi connectivity index (χ4n) is 3.43. The normalized spacial score (nSPS) is 26.3. The number of rotatable bonds is 3. The Morgan fingerprint density at radius 1 is 0.957 bits per heavy atom. The zero-order valence-corrected chi connectivity index (χ0v) is 14.1. The standard InChI is InChI=1S/C17H17Cl2N3O/c18-14-5-12(6-15(19)7-14)13-8-20-17(21-9-13)23-16-10-22-3-1-11(16)2-4-22/h5-9,11,16H,1-4,10H2. The number of aromatic nitrogens is 2. The first kappa shape index (κ1) is 15.2. The topological polar surface area (TPSA) is 38.2 Å². The van der Waals surface area contributed by atoms with Crippen LogP contribution in [0.2, 0.25) is 10.0 Å². The van der Waals surface area contributed by atoms with E-state index in [4.69, 9.17) is 27.9 Å². The van der Waals surface area contributed by atoms with Crippen LogP contribution in [0, 0.1) is 5.92 Å². The summed E-state index contributed by atoms with van der Waals surface area (Å²) in [5.74, 6) is 0.634. The minimum absolute atomic E-state index is 0.212. The van der Waals surface area contributed by atoms with Crippen molar-refractivity contribution in [2.45, 2.75) is 18.9 Å². The van der Waals surface area contributed by atoms with Crippen LogP contribution in [0.1, 0.15) is 12.8 Å². The average Bonchev–Trinajstić information content (AvgIpc) is 2.56. The van der Waals surface area contributed by atoms with Crippen LogP contribution in [0.25, 0.3) is 11.1 Å². The Bertz CT molecular complexity index is 679. The third-order valence-corrected chi connectivity index (χ3v) is 5.11. The van der Waals surface area contributed by atoms with Gasteiger partial charge in [0.15, 0.2) is 0 Å². The van der Waals surface area contributed by atoms with E-state index in [2.05, 4.69) is 14.9 Å². The van der Waals surface area contributed by atoms with E-state index in [-0.39, 0.29) is 6.10 Å². The van der Waals surface area contributed by atoms with Crippen molar-refractivity contribution >= 4 is 23.2 Å². The maximum atomic E-state index is 6.04. The monoisotopic (exact) mass is 349 g/mol. The Morgan fingerprint density at radius 2 is 1.61 bits per heavy atom. The molecule has 1 unspecified atom stereocenters. The van der Waals surface area contributed by atoms with Crippen molar-refractivity contribution in [1.82, 2.24) is 14.9 Å². The Labute approximate surface area is 145 Å². The molecule has 1 atom stereocenters. The van der Waals surface area contributed by atoms with Gasteiger partial charge < -0.3 is 4.74 Å². The Balaban J connectivity index is 1.49. The van der Waals surface area contributed by atoms with Crippen LogP contribution in [-0.4, -0.2) is 40.6 Å². The fourth-order valence-corrected chi connectivity index (χ4v) is 3.95. The van der Waals surface area contributed by atoms with Crippen LogP contribution in [-0.2, 0) is 0 Å². The molecule has 5 rings (SSSR count). The van der Waals surface area contributed by atoms with E-state index in [1.807, 2.05) is 12.1 Å². The van der Waals surface area contributed by atoms with Gasteiger partial charge in [0.2, 0.25) is 0 Å². The predicted molar refractivity (Wildman–Crippen MR) is 91.1 cm³/mol. The molecule has 3 saturated heterocycles. The molecule has 23 heavy (non-hydrogen) atoms. The van der Waals surface area contributed by atoms with Crippen LogP contribution >= 0.6 is 23.2 Å². The lowest BCUT2D eigenvalue weighted by atomic mass is 9.86. The third kappa shape index (κ3) is 3.30. The van der Waals surface area contributed by atoms with E-state index in [0.717, 1.165) is 17.7 Å². The Kier molecular flexibility index (Phi) is 4.14. The first-order chi connectivity index (χ1) is 11.2. The van der Waals surface area contributed by atoms with E-state index >= 15 is 0 Å². The molecule has 0 amide bonds. The van der Waals surface area contributed by atoms with E-state index in [9.17, 15) is 0 Å². The summed E-state index contributed by atoms with van der Waals surface area (Å²) in [6.07, 6.45) is 6.15. The molecule has 1 aromatic carbocycles. The van der Waals surface area contributed by atoms with Crippen LogP contribution in [0.15, 0.2) is 30.6 Å². The number of piperidine rings is 3. The summed E-state index contributed by atoms with van der Waals surface area (Å²) in [5.41, 5.74) is 1.77. The molecule has 0 radical (unpaired) electrons. The molecular weight excluding hydrogens is 333 g/mol. The summed E-state index contributed by atoms with van der Waals surface area (Å²) >= 11 is 12.1. The minimum Gasteiger partial charge on any atom is -0.458 e. The molecule has 0 aliphatic carbocycles.